The van der Waals surface area contributed by atoms with Gasteiger partial charge in [0.15, 0.2) is 0 Å². The van der Waals surface area contributed by atoms with Gasteiger partial charge in [-0.3, -0.25) is 0 Å². The van der Waals surface area contributed by atoms with Gasteiger partial charge in [0.1, 0.15) is 11.1 Å². The normalized spacial score (nSPS) is 27.4. The van der Waals surface area contributed by atoms with Crippen LogP contribution in [0.2, 0.25) is 0 Å². The largest absolute Gasteiger partial charge is 0.380 e. The summed E-state index contributed by atoms with van der Waals surface area (Å²) in [5.41, 5.74) is 2.33. The molecule has 0 radical (unpaired) electrons. The lowest BCUT2D eigenvalue weighted by molar-refractivity contribution is -0.0985. The summed E-state index contributed by atoms with van der Waals surface area (Å²) in [6.07, 6.45) is 2.42. The van der Waals surface area contributed by atoms with Crippen LogP contribution in [0.3, 0.4) is 0 Å². The van der Waals surface area contributed by atoms with Crippen molar-refractivity contribution in [3.63, 3.8) is 0 Å². The van der Waals surface area contributed by atoms with Crippen molar-refractivity contribution in [2.75, 3.05) is 31.2 Å². The fraction of sp³-hybridized carbons (Fsp3) is 0.500. The van der Waals surface area contributed by atoms with E-state index in [4.69, 9.17) is 4.74 Å². The van der Waals surface area contributed by atoms with E-state index in [1.54, 1.807) is 12.1 Å². The third-order valence-electron chi connectivity index (χ3n) is 7.18. The lowest BCUT2D eigenvalue weighted by Crippen LogP contribution is -2.45. The van der Waals surface area contributed by atoms with E-state index in [9.17, 15) is 8.42 Å². The number of halogens is 1. The number of anilines is 1. The van der Waals surface area contributed by atoms with Gasteiger partial charge < -0.3 is 9.64 Å². The van der Waals surface area contributed by atoms with E-state index in [0.29, 0.717) is 12.0 Å². The van der Waals surface area contributed by atoms with Crippen LogP contribution in [0.4, 0.5) is 10.1 Å². The summed E-state index contributed by atoms with van der Waals surface area (Å²) in [6, 6.07) is 14.4. The molecule has 0 saturated carbocycles. The van der Waals surface area contributed by atoms with Crippen LogP contribution in [0.5, 0.6) is 0 Å². The Kier molecular flexibility index (Phi) is 5.31. The number of ether oxygens (including phenoxy) is 1. The van der Waals surface area contributed by atoms with Crippen molar-refractivity contribution in [1.82, 2.24) is 4.31 Å². The van der Waals surface area contributed by atoms with Gasteiger partial charge in [-0.2, -0.15) is 4.31 Å². The minimum Gasteiger partial charge on any atom is -0.380 e. The maximum absolute atomic E-state index is 15.1. The monoisotopic (exact) mass is 444 g/mol. The fourth-order valence-corrected chi connectivity index (χ4v) is 7.35. The molecule has 0 aliphatic carbocycles. The maximum Gasteiger partial charge on any atom is 0.221 e. The molecule has 1 spiro atoms. The predicted molar refractivity (Wildman–Crippen MR) is 119 cm³/mol. The van der Waals surface area contributed by atoms with E-state index in [-0.39, 0.29) is 23.8 Å². The van der Waals surface area contributed by atoms with Crippen LogP contribution in [0.1, 0.15) is 42.6 Å². The van der Waals surface area contributed by atoms with Crippen LogP contribution in [-0.4, -0.2) is 45.1 Å². The van der Waals surface area contributed by atoms with Gasteiger partial charge in [0.25, 0.3) is 0 Å². The van der Waals surface area contributed by atoms with Crippen molar-refractivity contribution in [2.24, 2.45) is 5.41 Å². The van der Waals surface area contributed by atoms with E-state index in [0.717, 1.165) is 50.4 Å². The lowest BCUT2D eigenvalue weighted by Gasteiger charge is -2.38. The topological polar surface area (TPSA) is 49.9 Å². The van der Waals surface area contributed by atoms with Crippen molar-refractivity contribution < 1.29 is 17.5 Å². The number of hydrogen-bond donors (Lipinski definition) is 0. The molecule has 5 rings (SSSR count). The quantitative estimate of drug-likeness (QED) is 0.712. The van der Waals surface area contributed by atoms with Gasteiger partial charge in [-0.05, 0) is 43.9 Å². The van der Waals surface area contributed by atoms with Crippen molar-refractivity contribution in [3.8, 4) is 0 Å². The lowest BCUT2D eigenvalue weighted by atomic mass is 9.85. The molecular formula is C24H29FN2O3S. The highest BCUT2D eigenvalue weighted by Gasteiger charge is 2.44. The van der Waals surface area contributed by atoms with Crippen LogP contribution in [0, 0.1) is 11.2 Å². The molecule has 0 amide bonds. The van der Waals surface area contributed by atoms with Gasteiger partial charge in [-0.25, -0.2) is 12.8 Å². The summed E-state index contributed by atoms with van der Waals surface area (Å²) >= 11 is 0. The predicted octanol–water partition coefficient (Wildman–Crippen LogP) is 4.11. The molecule has 3 fully saturated rings. The van der Waals surface area contributed by atoms with Crippen LogP contribution < -0.4 is 4.90 Å². The average Bonchev–Trinajstić information content (AvgIpc) is 3.19. The molecule has 0 aromatic heterocycles. The van der Waals surface area contributed by atoms with E-state index >= 15 is 4.39 Å². The molecule has 0 N–H and O–H groups in total. The summed E-state index contributed by atoms with van der Waals surface area (Å²) in [7, 11) is -3.58. The van der Waals surface area contributed by atoms with E-state index < -0.39 is 15.3 Å². The molecular weight excluding hydrogens is 415 g/mol. The van der Waals surface area contributed by atoms with Crippen LogP contribution in [0.25, 0.3) is 0 Å². The van der Waals surface area contributed by atoms with E-state index in [2.05, 4.69) is 4.90 Å². The van der Waals surface area contributed by atoms with Gasteiger partial charge in [-0.15, -0.1) is 0 Å². The van der Waals surface area contributed by atoms with Crippen LogP contribution >= 0.6 is 0 Å². The first-order valence-corrected chi connectivity index (χ1v) is 12.6. The zero-order chi connectivity index (χ0) is 21.6. The Morgan fingerprint density at radius 1 is 1.13 bits per heavy atom. The minimum absolute atomic E-state index is 0.0662. The van der Waals surface area contributed by atoms with Gasteiger partial charge in [-0.1, -0.05) is 36.4 Å². The van der Waals surface area contributed by atoms with Crippen molar-refractivity contribution in [2.45, 2.75) is 44.0 Å². The third-order valence-corrected chi connectivity index (χ3v) is 9.55. The van der Waals surface area contributed by atoms with Gasteiger partial charge in [0.2, 0.25) is 10.0 Å². The van der Waals surface area contributed by atoms with Crippen molar-refractivity contribution >= 4 is 15.7 Å². The highest BCUT2D eigenvalue weighted by atomic mass is 32.2. The van der Waals surface area contributed by atoms with Crippen molar-refractivity contribution in [1.29, 1.82) is 0 Å². The average molecular weight is 445 g/mol. The summed E-state index contributed by atoms with van der Waals surface area (Å²) in [5.74, 6) is -0.340. The molecule has 3 aliphatic heterocycles. The highest BCUT2D eigenvalue weighted by molar-refractivity contribution is 7.89. The Morgan fingerprint density at radius 3 is 2.55 bits per heavy atom. The standard InChI is InChI=1S/C24H29FN2O3S/c1-18-7-10-23(19-5-3-2-4-6-19)31(28,29)27(18)14-20-8-9-21(13-22(20)25)26-12-11-24(15-26)16-30-17-24/h2-6,8-9,13,18,23H,7,10-12,14-17H2,1H3/t18-,23?/m0/s1. The van der Waals surface area contributed by atoms with E-state index in [1.807, 2.05) is 43.3 Å². The number of hydrogen-bond acceptors (Lipinski definition) is 4. The highest BCUT2D eigenvalue weighted by Crippen LogP contribution is 2.41. The molecule has 31 heavy (non-hydrogen) atoms. The summed E-state index contributed by atoms with van der Waals surface area (Å²) in [6.45, 7) is 5.35. The first kappa shape index (κ1) is 20.9. The first-order valence-electron chi connectivity index (χ1n) is 11.0. The molecule has 3 heterocycles. The second-order valence-corrected chi connectivity index (χ2v) is 11.4. The van der Waals surface area contributed by atoms with Crippen LogP contribution in [0.15, 0.2) is 48.5 Å². The zero-order valence-electron chi connectivity index (χ0n) is 17.8. The summed E-state index contributed by atoms with van der Waals surface area (Å²) in [4.78, 5) is 2.21. The number of nitrogens with zero attached hydrogens (tertiary/aromatic N) is 2. The van der Waals surface area contributed by atoms with Gasteiger partial charge >= 0.3 is 0 Å². The molecule has 2 atom stereocenters. The number of rotatable bonds is 4. The molecule has 5 nitrogen and oxygen atoms in total. The van der Waals surface area contributed by atoms with Gasteiger partial charge in [0, 0.05) is 42.3 Å². The van der Waals surface area contributed by atoms with Crippen molar-refractivity contribution in [3.05, 3.63) is 65.5 Å². The SMILES string of the molecule is C[C@H]1CCC(c2ccccc2)S(=O)(=O)N1Cc1ccc(N2CCC3(COC3)C2)cc1F. The molecule has 2 aromatic carbocycles. The van der Waals surface area contributed by atoms with Crippen LogP contribution in [-0.2, 0) is 21.3 Å². The molecule has 2 aromatic rings. The Morgan fingerprint density at radius 2 is 1.90 bits per heavy atom. The molecule has 0 bridgehead atoms. The number of sulfonamides is 1. The molecule has 166 valence electrons. The summed E-state index contributed by atoms with van der Waals surface area (Å²) in [5, 5.41) is -0.572. The molecule has 1 unspecified atom stereocenters. The molecule has 3 saturated heterocycles. The minimum atomic E-state index is -3.58. The maximum atomic E-state index is 15.1. The molecule has 3 aliphatic rings. The Hall–Kier alpha value is -1.96. The Bertz CT molecular complexity index is 1060. The second-order valence-electron chi connectivity index (χ2n) is 9.36. The molecule has 7 heteroatoms. The first-order chi connectivity index (χ1) is 14.9. The summed E-state index contributed by atoms with van der Waals surface area (Å²) < 4.78 is 48.8. The zero-order valence-corrected chi connectivity index (χ0v) is 18.7. The number of benzene rings is 2. The second kappa shape index (κ2) is 7.87. The Labute approximate surface area is 183 Å². The van der Waals surface area contributed by atoms with Gasteiger partial charge in [0.05, 0.1) is 13.2 Å². The van der Waals surface area contributed by atoms with E-state index in [1.165, 1.54) is 4.31 Å². The fourth-order valence-electron chi connectivity index (χ4n) is 5.16. The Balaban J connectivity index is 1.36. The smallest absolute Gasteiger partial charge is 0.221 e. The third kappa shape index (κ3) is 3.77.